The maximum Gasteiger partial charge on any atom is 0.262 e. The Morgan fingerprint density at radius 2 is 1.93 bits per heavy atom. The molecule has 5 nitrogen and oxygen atoms in total. The Balaban J connectivity index is 1.67. The highest BCUT2D eigenvalue weighted by atomic mass is 19.1. The van der Waals surface area contributed by atoms with Gasteiger partial charge in [-0.25, -0.2) is 4.39 Å². The molecule has 27 heavy (non-hydrogen) atoms. The van der Waals surface area contributed by atoms with Gasteiger partial charge in [0.15, 0.2) is 18.2 Å². The van der Waals surface area contributed by atoms with E-state index in [4.69, 9.17) is 4.74 Å². The van der Waals surface area contributed by atoms with Crippen LogP contribution in [0.15, 0.2) is 42.5 Å². The molecule has 0 unspecified atom stereocenters. The number of amides is 2. The van der Waals surface area contributed by atoms with Crippen LogP contribution in [0.3, 0.4) is 0 Å². The van der Waals surface area contributed by atoms with Crippen molar-refractivity contribution in [1.29, 1.82) is 0 Å². The van der Waals surface area contributed by atoms with Crippen molar-refractivity contribution in [3.8, 4) is 5.75 Å². The minimum Gasteiger partial charge on any atom is -0.481 e. The fourth-order valence-electron chi connectivity index (χ4n) is 2.97. The summed E-state index contributed by atoms with van der Waals surface area (Å²) in [6, 6.07) is 11.4. The summed E-state index contributed by atoms with van der Waals surface area (Å²) in [4.78, 5) is 26.5. The van der Waals surface area contributed by atoms with Gasteiger partial charge in [0.25, 0.3) is 5.91 Å². The van der Waals surface area contributed by atoms with Gasteiger partial charge in [0, 0.05) is 23.3 Å². The standard InChI is InChI=1S/C21H23FN2O3/c1-21(2,3)20(26)24-11-10-14-8-9-15(12-17(14)24)23-19(25)13-27-18-7-5-4-6-16(18)22/h4-9,12H,10-11,13H2,1-3H3,(H,23,25). The van der Waals surface area contributed by atoms with Gasteiger partial charge in [-0.05, 0) is 36.2 Å². The minimum absolute atomic E-state index is 0.0311. The Bertz CT molecular complexity index is 874. The van der Waals surface area contributed by atoms with Gasteiger partial charge in [0.2, 0.25) is 5.91 Å². The van der Waals surface area contributed by atoms with Crippen LogP contribution >= 0.6 is 0 Å². The first kappa shape index (κ1) is 18.9. The molecule has 0 bridgehead atoms. The predicted octanol–water partition coefficient (Wildman–Crippen LogP) is 3.78. The summed E-state index contributed by atoms with van der Waals surface area (Å²) in [5, 5.41) is 2.74. The molecule has 0 fully saturated rings. The molecule has 0 atom stereocenters. The molecule has 0 spiro atoms. The molecule has 1 heterocycles. The molecule has 3 rings (SSSR count). The van der Waals surface area contributed by atoms with Gasteiger partial charge >= 0.3 is 0 Å². The molecule has 142 valence electrons. The Morgan fingerprint density at radius 3 is 2.63 bits per heavy atom. The van der Waals surface area contributed by atoms with Gasteiger partial charge in [-0.2, -0.15) is 0 Å². The Kier molecular flexibility index (Phi) is 5.17. The molecular weight excluding hydrogens is 347 g/mol. The summed E-state index contributed by atoms with van der Waals surface area (Å²) < 4.78 is 18.8. The van der Waals surface area contributed by atoms with Crippen molar-refractivity contribution in [1.82, 2.24) is 0 Å². The average molecular weight is 370 g/mol. The van der Waals surface area contributed by atoms with Crippen LogP contribution in [-0.2, 0) is 16.0 Å². The number of hydrogen-bond acceptors (Lipinski definition) is 3. The lowest BCUT2D eigenvalue weighted by atomic mass is 9.94. The summed E-state index contributed by atoms with van der Waals surface area (Å²) in [7, 11) is 0. The molecule has 0 radical (unpaired) electrons. The number of carbonyl (C=O) groups is 2. The zero-order valence-corrected chi connectivity index (χ0v) is 15.7. The molecule has 0 saturated heterocycles. The summed E-state index contributed by atoms with van der Waals surface area (Å²) in [6.07, 6.45) is 0.793. The predicted molar refractivity (Wildman–Crippen MR) is 102 cm³/mol. The summed E-state index contributed by atoms with van der Waals surface area (Å²) >= 11 is 0. The third kappa shape index (κ3) is 4.27. The van der Waals surface area contributed by atoms with Crippen molar-refractivity contribution in [2.24, 2.45) is 5.41 Å². The van der Waals surface area contributed by atoms with Crippen molar-refractivity contribution < 1.29 is 18.7 Å². The molecule has 2 aromatic carbocycles. The van der Waals surface area contributed by atoms with Gasteiger partial charge in [-0.1, -0.05) is 39.0 Å². The van der Waals surface area contributed by atoms with Crippen molar-refractivity contribution in [3.05, 3.63) is 53.8 Å². The number of rotatable bonds is 4. The first-order valence-electron chi connectivity index (χ1n) is 8.88. The fraction of sp³-hybridized carbons (Fsp3) is 0.333. The van der Waals surface area contributed by atoms with Gasteiger partial charge in [0.1, 0.15) is 0 Å². The summed E-state index contributed by atoms with van der Waals surface area (Å²) in [5.74, 6) is -0.833. The van der Waals surface area contributed by atoms with E-state index in [1.165, 1.54) is 12.1 Å². The van der Waals surface area contributed by atoms with Crippen LogP contribution < -0.4 is 15.0 Å². The maximum atomic E-state index is 13.5. The zero-order chi connectivity index (χ0) is 19.6. The molecule has 6 heteroatoms. The van der Waals surface area contributed by atoms with Gasteiger partial charge in [-0.3, -0.25) is 9.59 Å². The van der Waals surface area contributed by atoms with E-state index in [0.717, 1.165) is 17.7 Å². The maximum absolute atomic E-state index is 13.5. The number of nitrogens with zero attached hydrogens (tertiary/aromatic N) is 1. The number of ether oxygens (including phenoxy) is 1. The number of halogens is 1. The van der Waals surface area contributed by atoms with Crippen LogP contribution in [0.5, 0.6) is 5.75 Å². The van der Waals surface area contributed by atoms with E-state index in [1.807, 2.05) is 26.8 Å². The Hall–Kier alpha value is -2.89. The SMILES string of the molecule is CC(C)(C)C(=O)N1CCc2ccc(NC(=O)COc3ccccc3F)cc21. The van der Waals surface area contributed by atoms with Crippen LogP contribution in [0.2, 0.25) is 0 Å². The molecule has 0 saturated carbocycles. The summed E-state index contributed by atoms with van der Waals surface area (Å²) in [5.41, 5.74) is 1.99. The number of anilines is 2. The molecule has 1 aliphatic heterocycles. The van der Waals surface area contributed by atoms with E-state index in [2.05, 4.69) is 5.32 Å². The third-order valence-corrected chi connectivity index (χ3v) is 4.35. The average Bonchev–Trinajstić information content (AvgIpc) is 3.02. The first-order chi connectivity index (χ1) is 12.8. The normalized spacial score (nSPS) is 13.3. The topological polar surface area (TPSA) is 58.6 Å². The van der Waals surface area contributed by atoms with Crippen molar-refractivity contribution in [2.75, 3.05) is 23.4 Å². The quantitative estimate of drug-likeness (QED) is 0.891. The lowest BCUT2D eigenvalue weighted by Crippen LogP contribution is -2.38. The number of fused-ring (bicyclic) bond motifs is 1. The largest absolute Gasteiger partial charge is 0.481 e. The Morgan fingerprint density at radius 1 is 1.19 bits per heavy atom. The second-order valence-corrected chi connectivity index (χ2v) is 7.57. The van der Waals surface area contributed by atoms with Crippen molar-refractivity contribution >= 4 is 23.2 Å². The molecule has 1 N–H and O–H groups in total. The van der Waals surface area contributed by atoms with E-state index < -0.39 is 17.1 Å². The van der Waals surface area contributed by atoms with E-state index in [0.29, 0.717) is 12.2 Å². The number of benzene rings is 2. The lowest BCUT2D eigenvalue weighted by Gasteiger charge is -2.26. The minimum atomic E-state index is -0.515. The molecule has 2 aromatic rings. The molecule has 1 aliphatic rings. The van der Waals surface area contributed by atoms with E-state index in [1.54, 1.807) is 29.2 Å². The van der Waals surface area contributed by atoms with E-state index in [-0.39, 0.29) is 18.3 Å². The number of para-hydroxylation sites is 1. The van der Waals surface area contributed by atoms with Gasteiger partial charge < -0.3 is 15.0 Å². The van der Waals surface area contributed by atoms with Crippen molar-refractivity contribution in [2.45, 2.75) is 27.2 Å². The molecular formula is C21H23FN2O3. The van der Waals surface area contributed by atoms with E-state index >= 15 is 0 Å². The van der Waals surface area contributed by atoms with Crippen LogP contribution in [0.4, 0.5) is 15.8 Å². The highest BCUT2D eigenvalue weighted by molar-refractivity contribution is 6.00. The molecule has 0 aromatic heterocycles. The number of nitrogens with one attached hydrogen (secondary N) is 1. The first-order valence-corrected chi connectivity index (χ1v) is 8.88. The third-order valence-electron chi connectivity index (χ3n) is 4.35. The van der Waals surface area contributed by atoms with Crippen LogP contribution in [-0.4, -0.2) is 25.0 Å². The lowest BCUT2D eigenvalue weighted by molar-refractivity contribution is -0.125. The van der Waals surface area contributed by atoms with E-state index in [9.17, 15) is 14.0 Å². The second kappa shape index (κ2) is 7.39. The van der Waals surface area contributed by atoms with Gasteiger partial charge in [-0.15, -0.1) is 0 Å². The van der Waals surface area contributed by atoms with Gasteiger partial charge in [0.05, 0.1) is 0 Å². The monoisotopic (exact) mass is 370 g/mol. The van der Waals surface area contributed by atoms with Crippen molar-refractivity contribution in [3.63, 3.8) is 0 Å². The number of hydrogen-bond donors (Lipinski definition) is 1. The molecule has 2 amide bonds. The summed E-state index contributed by atoms with van der Waals surface area (Å²) in [6.45, 7) is 6.00. The highest BCUT2D eigenvalue weighted by Crippen LogP contribution is 2.34. The fourth-order valence-corrected chi connectivity index (χ4v) is 2.97. The smallest absolute Gasteiger partial charge is 0.262 e. The van der Waals surface area contributed by atoms with Crippen LogP contribution in [0, 0.1) is 11.2 Å². The zero-order valence-electron chi connectivity index (χ0n) is 15.7. The Labute approximate surface area is 158 Å². The highest BCUT2D eigenvalue weighted by Gasteiger charge is 2.32. The van der Waals surface area contributed by atoms with Crippen LogP contribution in [0.25, 0.3) is 0 Å². The molecule has 0 aliphatic carbocycles. The number of carbonyl (C=O) groups excluding carboxylic acids is 2. The second-order valence-electron chi connectivity index (χ2n) is 7.57. The van der Waals surface area contributed by atoms with Crippen LogP contribution in [0.1, 0.15) is 26.3 Å².